The molecular weight excluding hydrogens is 264 g/mol. The van der Waals surface area contributed by atoms with Crippen LogP contribution in [0.2, 0.25) is 0 Å². The molecule has 0 aliphatic heterocycles. The Bertz CT molecular complexity index is 563. The second-order valence-corrected chi connectivity index (χ2v) is 6.89. The van der Waals surface area contributed by atoms with Crippen molar-refractivity contribution in [3.8, 4) is 5.75 Å². The van der Waals surface area contributed by atoms with E-state index in [0.717, 1.165) is 12.8 Å². The van der Waals surface area contributed by atoms with Crippen LogP contribution in [-0.2, 0) is 14.6 Å². The van der Waals surface area contributed by atoms with Crippen LogP contribution in [0, 0.1) is 5.92 Å². The lowest BCUT2D eigenvalue weighted by Gasteiger charge is -2.11. The predicted octanol–water partition coefficient (Wildman–Crippen LogP) is 2.23. The summed E-state index contributed by atoms with van der Waals surface area (Å²) in [6.07, 6.45) is 2.72. The van der Waals surface area contributed by atoms with E-state index in [4.69, 9.17) is 4.74 Å². The van der Waals surface area contributed by atoms with Crippen LogP contribution in [-0.4, -0.2) is 27.1 Å². The van der Waals surface area contributed by atoms with Crippen LogP contribution < -0.4 is 4.74 Å². The van der Waals surface area contributed by atoms with Gasteiger partial charge in [0.2, 0.25) is 0 Å². The first kappa shape index (κ1) is 14.1. The molecule has 1 fully saturated rings. The molecule has 0 saturated heterocycles. The molecule has 0 aromatic heterocycles. The van der Waals surface area contributed by atoms with E-state index in [9.17, 15) is 13.2 Å². The Kier molecular flexibility index (Phi) is 4.24. The Morgan fingerprint density at radius 1 is 1.32 bits per heavy atom. The number of para-hydroxylation sites is 1. The normalized spacial score (nSPS) is 19.6. The van der Waals surface area contributed by atoms with Crippen LogP contribution in [0.15, 0.2) is 29.2 Å². The molecule has 4 nitrogen and oxygen atoms in total. The third-order valence-electron chi connectivity index (χ3n) is 3.57. The Balaban J connectivity index is 2.12. The molecule has 0 heterocycles. The van der Waals surface area contributed by atoms with Crippen molar-refractivity contribution in [2.45, 2.75) is 30.6 Å². The van der Waals surface area contributed by atoms with E-state index in [2.05, 4.69) is 0 Å². The van der Waals surface area contributed by atoms with Crippen LogP contribution in [0.3, 0.4) is 0 Å². The summed E-state index contributed by atoms with van der Waals surface area (Å²) in [5.41, 5.74) is 0. The third kappa shape index (κ3) is 3.15. The average Bonchev–Trinajstić information content (AvgIpc) is 2.82. The van der Waals surface area contributed by atoms with Crippen molar-refractivity contribution in [2.24, 2.45) is 5.92 Å². The van der Waals surface area contributed by atoms with E-state index in [-0.39, 0.29) is 22.3 Å². The topological polar surface area (TPSA) is 60.4 Å². The molecule has 1 atom stereocenters. The van der Waals surface area contributed by atoms with Gasteiger partial charge in [0, 0.05) is 12.3 Å². The standard InChI is InChI=1S/C14H18O4S/c1-18-13-7-2-3-8-14(13)19(16,17)10-9-11-5-4-6-12(11)15/h2-3,7-8,11H,4-6,9-10H2,1H3. The summed E-state index contributed by atoms with van der Waals surface area (Å²) in [6, 6.07) is 6.59. The highest BCUT2D eigenvalue weighted by Crippen LogP contribution is 2.28. The van der Waals surface area contributed by atoms with Crippen LogP contribution in [0.25, 0.3) is 0 Å². The molecule has 1 aromatic carbocycles. The van der Waals surface area contributed by atoms with Crippen molar-refractivity contribution in [3.05, 3.63) is 24.3 Å². The van der Waals surface area contributed by atoms with Crippen molar-refractivity contribution in [2.75, 3.05) is 12.9 Å². The molecule has 104 valence electrons. The number of sulfone groups is 1. The molecule has 0 N–H and O–H groups in total. The fourth-order valence-electron chi connectivity index (χ4n) is 2.48. The SMILES string of the molecule is COc1ccccc1S(=O)(=O)CCC1CCCC1=O. The smallest absolute Gasteiger partial charge is 0.182 e. The number of Topliss-reactive ketones (excluding diaryl/α,β-unsaturated/α-hetero) is 1. The number of ketones is 1. The van der Waals surface area contributed by atoms with Crippen LogP contribution >= 0.6 is 0 Å². The molecule has 5 heteroatoms. The van der Waals surface area contributed by atoms with Gasteiger partial charge in [0.25, 0.3) is 0 Å². The highest BCUT2D eigenvalue weighted by atomic mass is 32.2. The van der Waals surface area contributed by atoms with Crippen molar-refractivity contribution < 1.29 is 17.9 Å². The molecular formula is C14H18O4S. The third-order valence-corrected chi connectivity index (χ3v) is 5.35. The highest BCUT2D eigenvalue weighted by molar-refractivity contribution is 7.91. The maximum Gasteiger partial charge on any atom is 0.182 e. The van der Waals surface area contributed by atoms with Crippen molar-refractivity contribution in [3.63, 3.8) is 0 Å². The number of hydrogen-bond acceptors (Lipinski definition) is 4. The first-order chi connectivity index (χ1) is 9.04. The van der Waals surface area contributed by atoms with Crippen LogP contribution in [0.5, 0.6) is 5.75 Å². The summed E-state index contributed by atoms with van der Waals surface area (Å²) in [5, 5.41) is 0. The van der Waals surface area contributed by atoms with Gasteiger partial charge in [0.15, 0.2) is 9.84 Å². The summed E-state index contributed by atoms with van der Waals surface area (Å²) < 4.78 is 29.6. The number of methoxy groups -OCH3 is 1. The molecule has 0 bridgehead atoms. The maximum absolute atomic E-state index is 12.3. The van der Waals surface area contributed by atoms with Gasteiger partial charge in [-0.25, -0.2) is 8.42 Å². The van der Waals surface area contributed by atoms with Gasteiger partial charge in [-0.3, -0.25) is 4.79 Å². The van der Waals surface area contributed by atoms with E-state index >= 15 is 0 Å². The number of ether oxygens (including phenoxy) is 1. The van der Waals surface area contributed by atoms with Crippen LogP contribution in [0.4, 0.5) is 0 Å². The first-order valence-electron chi connectivity index (χ1n) is 6.43. The zero-order chi connectivity index (χ0) is 13.9. The minimum Gasteiger partial charge on any atom is -0.495 e. The Hall–Kier alpha value is -1.36. The van der Waals surface area contributed by atoms with Gasteiger partial charge >= 0.3 is 0 Å². The van der Waals surface area contributed by atoms with E-state index in [1.54, 1.807) is 24.3 Å². The minimum atomic E-state index is -3.39. The zero-order valence-corrected chi connectivity index (χ0v) is 11.8. The summed E-state index contributed by atoms with van der Waals surface area (Å²) >= 11 is 0. The second-order valence-electron chi connectivity index (χ2n) is 4.81. The molecule has 0 spiro atoms. The van der Waals surface area contributed by atoms with E-state index in [1.165, 1.54) is 7.11 Å². The molecule has 1 saturated carbocycles. The molecule has 1 aromatic rings. The van der Waals surface area contributed by atoms with Gasteiger partial charge in [-0.2, -0.15) is 0 Å². The molecule has 2 rings (SSSR count). The summed E-state index contributed by atoms with van der Waals surface area (Å²) in [5.74, 6) is 0.490. The lowest BCUT2D eigenvalue weighted by atomic mass is 10.1. The Labute approximate surface area is 113 Å². The van der Waals surface area contributed by atoms with Gasteiger partial charge < -0.3 is 4.74 Å². The van der Waals surface area contributed by atoms with Crippen molar-refractivity contribution in [1.82, 2.24) is 0 Å². The largest absolute Gasteiger partial charge is 0.495 e. The molecule has 19 heavy (non-hydrogen) atoms. The number of carbonyl (C=O) groups excluding carboxylic acids is 1. The zero-order valence-electron chi connectivity index (χ0n) is 11.0. The summed E-state index contributed by atoms with van der Waals surface area (Å²) in [7, 11) is -1.94. The van der Waals surface area contributed by atoms with Gasteiger partial charge in [-0.05, 0) is 31.4 Å². The number of carbonyl (C=O) groups is 1. The van der Waals surface area contributed by atoms with Gasteiger partial charge in [-0.15, -0.1) is 0 Å². The lowest BCUT2D eigenvalue weighted by molar-refractivity contribution is -0.120. The molecule has 1 unspecified atom stereocenters. The quantitative estimate of drug-likeness (QED) is 0.831. The highest BCUT2D eigenvalue weighted by Gasteiger charge is 2.27. The number of benzene rings is 1. The average molecular weight is 282 g/mol. The predicted molar refractivity (Wildman–Crippen MR) is 72.0 cm³/mol. The Morgan fingerprint density at radius 2 is 2.05 bits per heavy atom. The fourth-order valence-corrected chi connectivity index (χ4v) is 4.03. The van der Waals surface area contributed by atoms with Gasteiger partial charge in [0.1, 0.15) is 16.4 Å². The summed E-state index contributed by atoms with van der Waals surface area (Å²) in [6.45, 7) is 0. The minimum absolute atomic E-state index is 0.00375. The Morgan fingerprint density at radius 3 is 2.68 bits per heavy atom. The van der Waals surface area contributed by atoms with Crippen molar-refractivity contribution in [1.29, 1.82) is 0 Å². The number of hydrogen-bond donors (Lipinski definition) is 0. The summed E-state index contributed by atoms with van der Waals surface area (Å²) in [4.78, 5) is 11.7. The lowest BCUT2D eigenvalue weighted by Crippen LogP contribution is -2.15. The van der Waals surface area contributed by atoms with E-state index < -0.39 is 9.84 Å². The van der Waals surface area contributed by atoms with E-state index in [1.807, 2.05) is 0 Å². The monoisotopic (exact) mass is 282 g/mol. The molecule has 0 radical (unpaired) electrons. The van der Waals surface area contributed by atoms with Crippen molar-refractivity contribution >= 4 is 15.6 Å². The van der Waals surface area contributed by atoms with Gasteiger partial charge in [-0.1, -0.05) is 12.1 Å². The number of rotatable bonds is 5. The van der Waals surface area contributed by atoms with Crippen LogP contribution in [0.1, 0.15) is 25.7 Å². The fraction of sp³-hybridized carbons (Fsp3) is 0.500. The maximum atomic E-state index is 12.3. The molecule has 1 aliphatic carbocycles. The molecule has 0 amide bonds. The van der Waals surface area contributed by atoms with E-state index in [0.29, 0.717) is 18.6 Å². The first-order valence-corrected chi connectivity index (χ1v) is 8.08. The molecule has 1 aliphatic rings. The van der Waals surface area contributed by atoms with Gasteiger partial charge in [0.05, 0.1) is 12.9 Å². The second kappa shape index (κ2) is 5.74.